The standard InChI is InChI=1S/C40H18N2O4/c43-37-21-5-1-3-7-27(21)41-35-23-13-9-17-20-12-16-26-32-24(36-34(40(26)46)38(44)22-6-2-4-8-28(22)42-36)14-10-18(30(20)32)19-11-15-25(31(23)29(17)19)39(45)33(35)37/h1-16H,(H,41,43)(H,42,44). The summed E-state index contributed by atoms with van der Waals surface area (Å²) in [5.74, 6) is -0.602. The third kappa shape index (κ3) is 2.58. The van der Waals surface area contributed by atoms with Crippen molar-refractivity contribution < 1.29 is 19.8 Å². The number of carbonyl (C=O) groups is 2. The van der Waals surface area contributed by atoms with E-state index in [1.54, 1.807) is 12.1 Å². The fourth-order valence-electron chi connectivity index (χ4n) is 8.14. The van der Waals surface area contributed by atoms with Crippen LogP contribution in [0.1, 0.15) is 31.8 Å². The number of hydrogen-bond acceptors (Lipinski definition) is 6. The number of carbonyl (C=O) groups excluding carboxylic acids is 2. The van der Waals surface area contributed by atoms with Crippen LogP contribution in [-0.4, -0.2) is 31.7 Å². The first-order valence-corrected chi connectivity index (χ1v) is 15.0. The fraction of sp³-hybridized carbons (Fsp3) is 0. The monoisotopic (exact) mass is 590 g/mol. The average Bonchev–Trinajstić information content (AvgIpc) is 3.09. The highest BCUT2D eigenvalue weighted by Crippen LogP contribution is 2.52. The Hall–Kier alpha value is -6.40. The lowest BCUT2D eigenvalue weighted by Gasteiger charge is -2.25. The number of aromatic nitrogens is 2. The predicted molar refractivity (Wildman–Crippen MR) is 179 cm³/mol. The van der Waals surface area contributed by atoms with Crippen molar-refractivity contribution in [3.05, 3.63) is 119 Å². The number of rotatable bonds is 0. The van der Waals surface area contributed by atoms with Crippen LogP contribution < -0.4 is 0 Å². The normalized spacial score (nSPS) is 13.5. The van der Waals surface area contributed by atoms with Crippen molar-refractivity contribution in [3.63, 3.8) is 0 Å². The highest BCUT2D eigenvalue weighted by Gasteiger charge is 2.34. The van der Waals surface area contributed by atoms with E-state index in [9.17, 15) is 19.8 Å². The van der Waals surface area contributed by atoms with Gasteiger partial charge in [0.1, 0.15) is 11.5 Å². The predicted octanol–water partition coefficient (Wildman–Crippen LogP) is 8.67. The number of nitrogens with zero attached hydrogens (tertiary/aromatic N) is 2. The second-order valence-electron chi connectivity index (χ2n) is 12.2. The summed E-state index contributed by atoms with van der Waals surface area (Å²) in [5.41, 5.74) is 5.32. The van der Waals surface area contributed by atoms with Crippen LogP contribution >= 0.6 is 0 Å². The van der Waals surface area contributed by atoms with Gasteiger partial charge in [-0.05, 0) is 68.7 Å². The van der Waals surface area contributed by atoms with E-state index in [0.29, 0.717) is 44.3 Å². The summed E-state index contributed by atoms with van der Waals surface area (Å²) in [4.78, 5) is 37.9. The number of benzene rings is 7. The summed E-state index contributed by atoms with van der Waals surface area (Å²) in [6.45, 7) is 0. The van der Waals surface area contributed by atoms with Crippen molar-refractivity contribution in [1.29, 1.82) is 0 Å². The zero-order valence-electron chi connectivity index (χ0n) is 23.8. The Morgan fingerprint density at radius 2 is 0.761 bits per heavy atom. The zero-order valence-corrected chi connectivity index (χ0v) is 23.8. The first kappa shape index (κ1) is 24.0. The van der Waals surface area contributed by atoms with E-state index in [1.165, 1.54) is 0 Å². The summed E-state index contributed by atoms with van der Waals surface area (Å²) in [7, 11) is 0. The first-order chi connectivity index (χ1) is 22.5. The molecule has 2 N–H and O–H groups in total. The van der Waals surface area contributed by atoms with Gasteiger partial charge in [0.25, 0.3) is 0 Å². The number of aromatic hydroxyl groups is 2. The second kappa shape index (κ2) is 7.81. The molecule has 0 radical (unpaired) electrons. The zero-order chi connectivity index (χ0) is 30.6. The van der Waals surface area contributed by atoms with E-state index in [2.05, 4.69) is 12.1 Å². The number of para-hydroxylation sites is 2. The van der Waals surface area contributed by atoms with Gasteiger partial charge in [-0.25, -0.2) is 9.97 Å². The molecule has 6 heteroatoms. The van der Waals surface area contributed by atoms with Gasteiger partial charge >= 0.3 is 0 Å². The Morgan fingerprint density at radius 1 is 0.391 bits per heavy atom. The SMILES string of the molecule is O=C1c2c(nc3ccccc3c2O)-c2ccc3c4ccc5c6c(ccc(c7ccc1c2c73)c64)-c1nc2ccccc2c(O)c1C5=O. The highest BCUT2D eigenvalue weighted by molar-refractivity contribution is 6.41. The molecule has 9 aromatic rings. The van der Waals surface area contributed by atoms with Crippen LogP contribution in [-0.2, 0) is 0 Å². The molecule has 0 atom stereocenters. The second-order valence-corrected chi connectivity index (χ2v) is 12.2. The van der Waals surface area contributed by atoms with Crippen LogP contribution in [0.15, 0.2) is 97.1 Å². The Morgan fingerprint density at radius 3 is 1.17 bits per heavy atom. The molecule has 0 fully saturated rings. The van der Waals surface area contributed by atoms with E-state index in [-0.39, 0.29) is 34.2 Å². The maximum absolute atomic E-state index is 14.1. The molecule has 2 aliphatic carbocycles. The van der Waals surface area contributed by atoms with E-state index in [4.69, 9.17) is 9.97 Å². The lowest BCUT2D eigenvalue weighted by Crippen LogP contribution is -2.13. The van der Waals surface area contributed by atoms with Crippen LogP contribution in [0.4, 0.5) is 0 Å². The van der Waals surface area contributed by atoms with Gasteiger partial charge in [0, 0.05) is 43.8 Å². The molecule has 46 heavy (non-hydrogen) atoms. The largest absolute Gasteiger partial charge is 0.506 e. The van der Waals surface area contributed by atoms with E-state index >= 15 is 0 Å². The van der Waals surface area contributed by atoms with Gasteiger partial charge in [0.2, 0.25) is 0 Å². The van der Waals surface area contributed by atoms with Crippen LogP contribution in [0.5, 0.6) is 11.5 Å². The Bertz CT molecular complexity index is 2760. The molecular weight excluding hydrogens is 572 g/mol. The van der Waals surface area contributed by atoms with Crippen molar-refractivity contribution in [1.82, 2.24) is 9.97 Å². The molecule has 2 aromatic heterocycles. The summed E-state index contributed by atoms with van der Waals surface area (Å²) in [6.07, 6.45) is 0. The van der Waals surface area contributed by atoms with Gasteiger partial charge in [0.15, 0.2) is 11.6 Å². The molecule has 2 aliphatic rings. The van der Waals surface area contributed by atoms with Crippen molar-refractivity contribution >= 4 is 76.5 Å². The van der Waals surface area contributed by atoms with Gasteiger partial charge in [-0.15, -0.1) is 0 Å². The van der Waals surface area contributed by atoms with Crippen molar-refractivity contribution in [2.45, 2.75) is 0 Å². The third-order valence-corrected chi connectivity index (χ3v) is 10.1. The summed E-state index contributed by atoms with van der Waals surface area (Å²) in [6, 6.07) is 30.3. The molecule has 0 aliphatic heterocycles. The summed E-state index contributed by atoms with van der Waals surface area (Å²) >= 11 is 0. The minimum atomic E-state index is -0.252. The maximum atomic E-state index is 14.1. The van der Waals surface area contributed by atoms with Crippen LogP contribution in [0.25, 0.3) is 87.4 Å². The topological polar surface area (TPSA) is 100 Å². The quantitative estimate of drug-likeness (QED) is 0.135. The van der Waals surface area contributed by atoms with Crippen LogP contribution in [0.3, 0.4) is 0 Å². The molecule has 0 unspecified atom stereocenters. The summed E-state index contributed by atoms with van der Waals surface area (Å²) in [5, 5.41) is 31.0. The molecule has 0 amide bonds. The van der Waals surface area contributed by atoms with Gasteiger partial charge in [-0.2, -0.15) is 0 Å². The van der Waals surface area contributed by atoms with Gasteiger partial charge < -0.3 is 10.2 Å². The number of pyridine rings is 2. The molecule has 0 bridgehead atoms. The van der Waals surface area contributed by atoms with Gasteiger partial charge in [-0.3, -0.25) is 9.59 Å². The van der Waals surface area contributed by atoms with Gasteiger partial charge in [-0.1, -0.05) is 60.7 Å². The van der Waals surface area contributed by atoms with Crippen molar-refractivity contribution in [2.75, 3.05) is 0 Å². The molecule has 2 heterocycles. The molecule has 0 spiro atoms. The van der Waals surface area contributed by atoms with Gasteiger partial charge in [0.05, 0.1) is 33.5 Å². The Balaban J connectivity index is 1.29. The minimum Gasteiger partial charge on any atom is -0.506 e. The molecule has 11 rings (SSSR count). The van der Waals surface area contributed by atoms with Crippen LogP contribution in [0, 0.1) is 0 Å². The molecule has 0 saturated carbocycles. The molecule has 212 valence electrons. The minimum absolute atomic E-state index is 0.0494. The Kier molecular flexibility index (Phi) is 4.07. The van der Waals surface area contributed by atoms with E-state index in [1.807, 2.05) is 72.8 Å². The van der Waals surface area contributed by atoms with Crippen LogP contribution in [0.2, 0.25) is 0 Å². The van der Waals surface area contributed by atoms with Crippen molar-refractivity contribution in [2.24, 2.45) is 0 Å². The molecule has 0 saturated heterocycles. The van der Waals surface area contributed by atoms with E-state index in [0.717, 1.165) is 54.2 Å². The lowest BCUT2D eigenvalue weighted by molar-refractivity contribution is 0.102. The van der Waals surface area contributed by atoms with E-state index < -0.39 is 0 Å². The van der Waals surface area contributed by atoms with Crippen molar-refractivity contribution in [3.8, 4) is 34.0 Å². The molecular formula is C40H18N2O4. The lowest BCUT2D eigenvalue weighted by atomic mass is 9.77. The highest BCUT2D eigenvalue weighted by atomic mass is 16.3. The fourth-order valence-corrected chi connectivity index (χ4v) is 8.14. The number of ketones is 2. The average molecular weight is 591 g/mol. The summed E-state index contributed by atoms with van der Waals surface area (Å²) < 4.78 is 0. The molecule has 7 aromatic carbocycles. The smallest absolute Gasteiger partial charge is 0.199 e. The first-order valence-electron chi connectivity index (χ1n) is 15.0. The third-order valence-electron chi connectivity index (χ3n) is 10.1. The Labute approximate surface area is 259 Å². The maximum Gasteiger partial charge on any atom is 0.199 e. The molecule has 6 nitrogen and oxygen atoms in total. The number of hydrogen-bond donors (Lipinski definition) is 2. The number of fused-ring (bicyclic) bond motifs is 8.